The molecule has 2 saturated heterocycles. The topological polar surface area (TPSA) is 51.2 Å². The summed E-state index contributed by atoms with van der Waals surface area (Å²) in [6.45, 7) is 6.84. The third-order valence-corrected chi connectivity index (χ3v) is 4.99. The van der Waals surface area contributed by atoms with E-state index in [4.69, 9.17) is 0 Å². The molecule has 1 N–H and O–H groups in total. The van der Waals surface area contributed by atoms with Crippen molar-refractivity contribution in [2.24, 2.45) is 4.99 Å². The van der Waals surface area contributed by atoms with Crippen LogP contribution in [0.3, 0.4) is 0 Å². The summed E-state index contributed by atoms with van der Waals surface area (Å²) in [5.74, 6) is -0.0985. The monoisotopic (exact) mass is 379 g/mol. The summed E-state index contributed by atoms with van der Waals surface area (Å²) in [6, 6.07) is 3.52. The van der Waals surface area contributed by atoms with Gasteiger partial charge in [0, 0.05) is 51.9 Å². The number of hydrogen-bond acceptors (Lipinski definition) is 3. The van der Waals surface area contributed by atoms with Gasteiger partial charge in [0.1, 0.15) is 18.2 Å². The molecule has 3 rings (SSSR count). The highest BCUT2D eigenvalue weighted by Gasteiger charge is 2.23. The Morgan fingerprint density at radius 3 is 2.44 bits per heavy atom. The second kappa shape index (κ2) is 9.01. The van der Waals surface area contributed by atoms with Gasteiger partial charge in [0.05, 0.1) is 5.69 Å². The van der Waals surface area contributed by atoms with Gasteiger partial charge in [-0.05, 0) is 31.9 Å². The van der Waals surface area contributed by atoms with E-state index >= 15 is 0 Å². The van der Waals surface area contributed by atoms with Gasteiger partial charge in [0.25, 0.3) is 0 Å². The smallest absolute Gasteiger partial charge is 0.244 e. The molecule has 2 aliphatic rings. The van der Waals surface area contributed by atoms with E-state index in [0.29, 0.717) is 44.4 Å². The number of carbonyl (C=O) groups is 1. The number of nitrogens with one attached hydrogen (secondary N) is 1. The first kappa shape index (κ1) is 19.4. The van der Waals surface area contributed by atoms with Crippen molar-refractivity contribution in [3.63, 3.8) is 0 Å². The Morgan fingerprint density at radius 1 is 1.07 bits per heavy atom. The van der Waals surface area contributed by atoms with Crippen molar-refractivity contribution in [2.75, 3.05) is 57.3 Å². The van der Waals surface area contributed by atoms with Crippen LogP contribution in [0, 0.1) is 11.6 Å². The molecule has 0 aliphatic carbocycles. The number of rotatable bonds is 4. The van der Waals surface area contributed by atoms with Crippen molar-refractivity contribution in [3.05, 3.63) is 29.8 Å². The molecule has 1 amide bonds. The average molecular weight is 379 g/mol. The predicted octanol–water partition coefficient (Wildman–Crippen LogP) is 1.67. The lowest BCUT2D eigenvalue weighted by Gasteiger charge is -2.37. The normalized spacial score (nSPS) is 18.2. The Labute approximate surface area is 158 Å². The maximum absolute atomic E-state index is 14.0. The van der Waals surface area contributed by atoms with Crippen LogP contribution in [-0.2, 0) is 4.79 Å². The summed E-state index contributed by atoms with van der Waals surface area (Å²) in [7, 11) is 0. The van der Waals surface area contributed by atoms with Crippen LogP contribution >= 0.6 is 0 Å². The van der Waals surface area contributed by atoms with Gasteiger partial charge in [-0.1, -0.05) is 0 Å². The number of carbonyl (C=O) groups excluding carboxylic acids is 1. The summed E-state index contributed by atoms with van der Waals surface area (Å²) in [5.41, 5.74) is 0.292. The minimum atomic E-state index is -0.441. The zero-order valence-corrected chi connectivity index (χ0v) is 15.8. The zero-order chi connectivity index (χ0) is 19.2. The van der Waals surface area contributed by atoms with Gasteiger partial charge in [0.2, 0.25) is 5.91 Å². The number of likely N-dealkylation sites (tertiary alicyclic amines) is 1. The third-order valence-electron chi connectivity index (χ3n) is 4.99. The lowest BCUT2D eigenvalue weighted by molar-refractivity contribution is -0.128. The lowest BCUT2D eigenvalue weighted by Crippen LogP contribution is -2.53. The second-order valence-electron chi connectivity index (χ2n) is 6.83. The Balaban J connectivity index is 1.60. The van der Waals surface area contributed by atoms with E-state index in [0.717, 1.165) is 38.1 Å². The molecule has 2 fully saturated rings. The molecule has 6 nitrogen and oxygen atoms in total. The Bertz CT molecular complexity index is 683. The van der Waals surface area contributed by atoms with E-state index in [1.165, 1.54) is 6.07 Å². The van der Waals surface area contributed by atoms with Crippen molar-refractivity contribution in [2.45, 2.75) is 19.8 Å². The number of halogens is 2. The third kappa shape index (κ3) is 4.87. The van der Waals surface area contributed by atoms with Crippen LogP contribution in [0.1, 0.15) is 19.8 Å². The van der Waals surface area contributed by atoms with Crippen molar-refractivity contribution in [1.82, 2.24) is 15.1 Å². The van der Waals surface area contributed by atoms with Crippen LogP contribution < -0.4 is 10.2 Å². The van der Waals surface area contributed by atoms with Gasteiger partial charge in [-0.3, -0.25) is 4.79 Å². The first-order valence-electron chi connectivity index (χ1n) is 9.59. The maximum atomic E-state index is 14.0. The Kier molecular flexibility index (Phi) is 6.47. The molecule has 1 aromatic carbocycles. The molecule has 148 valence electrons. The van der Waals surface area contributed by atoms with Gasteiger partial charge >= 0.3 is 0 Å². The fraction of sp³-hybridized carbons (Fsp3) is 0.579. The molecular weight excluding hydrogens is 352 g/mol. The molecule has 0 unspecified atom stereocenters. The summed E-state index contributed by atoms with van der Waals surface area (Å²) in [6.07, 6.45) is 2.13. The number of guanidine groups is 1. The van der Waals surface area contributed by atoms with E-state index in [1.54, 1.807) is 0 Å². The quantitative estimate of drug-likeness (QED) is 0.639. The van der Waals surface area contributed by atoms with E-state index in [9.17, 15) is 13.6 Å². The molecule has 0 bridgehead atoms. The maximum Gasteiger partial charge on any atom is 0.244 e. The van der Waals surface area contributed by atoms with E-state index < -0.39 is 11.6 Å². The fourth-order valence-electron chi connectivity index (χ4n) is 3.52. The largest absolute Gasteiger partial charge is 0.366 e. The van der Waals surface area contributed by atoms with Crippen molar-refractivity contribution < 1.29 is 13.6 Å². The van der Waals surface area contributed by atoms with Crippen molar-refractivity contribution >= 4 is 17.6 Å². The second-order valence-corrected chi connectivity index (χ2v) is 6.83. The van der Waals surface area contributed by atoms with Crippen molar-refractivity contribution in [3.8, 4) is 0 Å². The van der Waals surface area contributed by atoms with Gasteiger partial charge in [-0.2, -0.15) is 0 Å². The molecule has 0 aromatic heterocycles. The number of hydrogen-bond donors (Lipinski definition) is 1. The van der Waals surface area contributed by atoms with E-state index in [1.807, 2.05) is 16.7 Å². The van der Waals surface area contributed by atoms with Gasteiger partial charge < -0.3 is 20.0 Å². The molecule has 8 heteroatoms. The molecule has 0 atom stereocenters. The number of benzene rings is 1. The SMILES string of the molecule is CCNC(=NCC(=O)N1CCCC1)N1CCN(c2cc(F)ccc2F)CC1. The van der Waals surface area contributed by atoms with Gasteiger partial charge in [0.15, 0.2) is 5.96 Å². The molecule has 2 aliphatic heterocycles. The number of nitrogens with zero attached hydrogens (tertiary/aromatic N) is 4. The number of aliphatic imine (C=N–C) groups is 1. The van der Waals surface area contributed by atoms with Crippen molar-refractivity contribution in [1.29, 1.82) is 0 Å². The minimum absolute atomic E-state index is 0.0587. The van der Waals surface area contributed by atoms with Gasteiger partial charge in [-0.15, -0.1) is 0 Å². The van der Waals surface area contributed by atoms with Crippen LogP contribution in [0.4, 0.5) is 14.5 Å². The molecule has 2 heterocycles. The standard InChI is InChI=1S/C19H27F2N5O/c1-2-22-19(23-14-18(27)25-7-3-4-8-25)26-11-9-24(10-12-26)17-13-15(20)5-6-16(17)21/h5-6,13H,2-4,7-12,14H2,1H3,(H,22,23). The predicted molar refractivity (Wildman–Crippen MR) is 102 cm³/mol. The summed E-state index contributed by atoms with van der Waals surface area (Å²) in [5, 5.41) is 3.23. The first-order chi connectivity index (χ1) is 13.1. The summed E-state index contributed by atoms with van der Waals surface area (Å²) in [4.78, 5) is 22.5. The summed E-state index contributed by atoms with van der Waals surface area (Å²) >= 11 is 0. The molecule has 27 heavy (non-hydrogen) atoms. The highest BCUT2D eigenvalue weighted by molar-refractivity contribution is 5.85. The van der Waals surface area contributed by atoms with E-state index in [2.05, 4.69) is 15.2 Å². The van der Waals surface area contributed by atoms with Crippen LogP contribution in [-0.4, -0.2) is 74.0 Å². The minimum Gasteiger partial charge on any atom is -0.366 e. The molecule has 0 radical (unpaired) electrons. The molecule has 0 saturated carbocycles. The Morgan fingerprint density at radius 2 is 1.78 bits per heavy atom. The Hall–Kier alpha value is -2.38. The highest BCUT2D eigenvalue weighted by atomic mass is 19.1. The number of anilines is 1. The van der Waals surface area contributed by atoms with Gasteiger partial charge in [-0.25, -0.2) is 13.8 Å². The van der Waals surface area contributed by atoms with Crippen LogP contribution in [0.15, 0.2) is 23.2 Å². The fourth-order valence-corrected chi connectivity index (χ4v) is 3.52. The number of piperazine rings is 1. The first-order valence-corrected chi connectivity index (χ1v) is 9.59. The van der Waals surface area contributed by atoms with Crippen LogP contribution in [0.5, 0.6) is 0 Å². The molecular formula is C19H27F2N5O. The van der Waals surface area contributed by atoms with E-state index in [-0.39, 0.29) is 12.5 Å². The average Bonchev–Trinajstić information content (AvgIpc) is 3.22. The lowest BCUT2D eigenvalue weighted by atomic mass is 10.2. The highest BCUT2D eigenvalue weighted by Crippen LogP contribution is 2.22. The molecule has 1 aromatic rings. The number of amides is 1. The van der Waals surface area contributed by atoms with Crippen LogP contribution in [0.2, 0.25) is 0 Å². The zero-order valence-electron chi connectivity index (χ0n) is 15.8. The van der Waals surface area contributed by atoms with Crippen LogP contribution in [0.25, 0.3) is 0 Å². The molecule has 0 spiro atoms. The summed E-state index contributed by atoms with van der Waals surface area (Å²) < 4.78 is 27.4.